The van der Waals surface area contributed by atoms with E-state index in [4.69, 9.17) is 0 Å². The van der Waals surface area contributed by atoms with Crippen molar-refractivity contribution in [3.8, 4) is 0 Å². The first kappa shape index (κ1) is 17.1. The molecular formula is C14H25N3O2S. The lowest BCUT2D eigenvalue weighted by Gasteiger charge is -2.30. The van der Waals surface area contributed by atoms with Crippen LogP contribution in [0.15, 0.2) is 11.6 Å². The Morgan fingerprint density at radius 1 is 1.60 bits per heavy atom. The van der Waals surface area contributed by atoms with E-state index in [9.17, 15) is 4.79 Å². The average molecular weight is 299 g/mol. The fraction of sp³-hybridized carbons (Fsp3) is 0.714. The predicted molar refractivity (Wildman–Crippen MR) is 81.8 cm³/mol. The summed E-state index contributed by atoms with van der Waals surface area (Å²) in [6.45, 7) is 12.6. The molecule has 1 saturated heterocycles. The maximum atomic E-state index is 9.60. The van der Waals surface area contributed by atoms with Crippen LogP contribution in [0.5, 0.6) is 0 Å². The van der Waals surface area contributed by atoms with Gasteiger partial charge in [0.1, 0.15) is 10.6 Å². The molecule has 1 aromatic rings. The molecule has 114 valence electrons. The number of rotatable bonds is 3. The summed E-state index contributed by atoms with van der Waals surface area (Å²) < 4.78 is 4.55. The summed E-state index contributed by atoms with van der Waals surface area (Å²) in [5.74, 6) is 0. The number of hydrogen-bond acceptors (Lipinski definition) is 6. The normalized spacial score (nSPS) is 19.9. The fourth-order valence-electron chi connectivity index (χ4n) is 1.82. The Morgan fingerprint density at radius 3 is 2.80 bits per heavy atom. The highest BCUT2D eigenvalue weighted by Gasteiger charge is 2.15. The summed E-state index contributed by atoms with van der Waals surface area (Å²) in [7, 11) is 0. The second-order valence-corrected chi connectivity index (χ2v) is 6.82. The van der Waals surface area contributed by atoms with Gasteiger partial charge < -0.3 is 10.1 Å². The molecular weight excluding hydrogens is 274 g/mol. The lowest BCUT2D eigenvalue weighted by Crippen LogP contribution is -2.48. The summed E-state index contributed by atoms with van der Waals surface area (Å²) >= 11 is 1.74. The molecule has 1 aromatic heterocycles. The van der Waals surface area contributed by atoms with Crippen molar-refractivity contribution in [1.82, 2.24) is 15.2 Å². The quantitative estimate of drug-likeness (QED) is 0.864. The van der Waals surface area contributed by atoms with Crippen molar-refractivity contribution in [2.75, 3.05) is 19.6 Å². The van der Waals surface area contributed by atoms with Crippen LogP contribution in [0.4, 0.5) is 0 Å². The molecule has 5 nitrogen and oxygen atoms in total. The van der Waals surface area contributed by atoms with E-state index in [0.717, 1.165) is 26.2 Å². The van der Waals surface area contributed by atoms with E-state index in [1.54, 1.807) is 11.3 Å². The summed E-state index contributed by atoms with van der Waals surface area (Å²) in [4.78, 5) is 16.3. The van der Waals surface area contributed by atoms with Crippen LogP contribution >= 0.6 is 11.3 Å². The fourth-order valence-corrected chi connectivity index (χ4v) is 2.48. The molecule has 1 unspecified atom stereocenters. The van der Waals surface area contributed by atoms with E-state index in [-0.39, 0.29) is 5.60 Å². The summed E-state index contributed by atoms with van der Waals surface area (Å²) in [5, 5.41) is 6.71. The van der Waals surface area contributed by atoms with E-state index in [1.165, 1.54) is 5.01 Å². The van der Waals surface area contributed by atoms with Gasteiger partial charge in [-0.2, -0.15) is 0 Å². The van der Waals surface area contributed by atoms with E-state index >= 15 is 0 Å². The lowest BCUT2D eigenvalue weighted by molar-refractivity contribution is -0.138. The van der Waals surface area contributed by atoms with E-state index in [2.05, 4.69) is 26.9 Å². The van der Waals surface area contributed by atoms with E-state index in [0.29, 0.717) is 12.5 Å². The van der Waals surface area contributed by atoms with E-state index < -0.39 is 0 Å². The molecule has 2 heterocycles. The summed E-state index contributed by atoms with van der Waals surface area (Å²) in [5.41, 5.74) is -0.318. The molecule has 0 saturated carbocycles. The van der Waals surface area contributed by atoms with Gasteiger partial charge in [-0.1, -0.05) is 0 Å². The Labute approximate surface area is 125 Å². The minimum atomic E-state index is -0.318. The van der Waals surface area contributed by atoms with Crippen LogP contribution < -0.4 is 5.32 Å². The first-order valence-corrected chi connectivity index (χ1v) is 7.74. The third kappa shape index (κ3) is 7.57. The van der Waals surface area contributed by atoms with Crippen molar-refractivity contribution < 1.29 is 9.53 Å². The first-order valence-electron chi connectivity index (χ1n) is 6.86. The van der Waals surface area contributed by atoms with Gasteiger partial charge >= 0.3 is 0 Å². The third-order valence-corrected chi connectivity index (χ3v) is 3.46. The molecule has 6 heteroatoms. The van der Waals surface area contributed by atoms with Gasteiger partial charge in [-0.15, -0.1) is 11.3 Å². The van der Waals surface area contributed by atoms with Crippen LogP contribution in [0.1, 0.15) is 32.7 Å². The topological polar surface area (TPSA) is 54.5 Å². The highest BCUT2D eigenvalue weighted by Crippen LogP contribution is 2.09. The van der Waals surface area contributed by atoms with Crippen molar-refractivity contribution in [3.05, 3.63) is 16.6 Å². The van der Waals surface area contributed by atoms with Crippen LogP contribution in [-0.4, -0.2) is 47.6 Å². The number of ether oxygens (including phenoxy) is 1. The molecule has 0 amide bonds. The van der Waals surface area contributed by atoms with Gasteiger partial charge in [-0.3, -0.25) is 9.69 Å². The first-order chi connectivity index (χ1) is 9.40. The number of nitrogens with one attached hydrogen (secondary N) is 1. The number of nitrogens with zero attached hydrogens (tertiary/aromatic N) is 2. The van der Waals surface area contributed by atoms with Crippen LogP contribution in [0.3, 0.4) is 0 Å². The largest absolute Gasteiger partial charge is 0.462 e. The lowest BCUT2D eigenvalue weighted by atomic mass is 10.2. The Hall–Kier alpha value is -0.980. The van der Waals surface area contributed by atoms with Crippen molar-refractivity contribution >= 4 is 17.8 Å². The number of aromatic nitrogens is 1. The molecule has 20 heavy (non-hydrogen) atoms. The predicted octanol–water partition coefficient (Wildman–Crippen LogP) is 1.89. The molecule has 0 aliphatic carbocycles. The smallest absolute Gasteiger partial charge is 0.293 e. The van der Waals surface area contributed by atoms with Gasteiger partial charge in [0.15, 0.2) is 0 Å². The number of hydrogen-bond donors (Lipinski definition) is 1. The molecule has 1 aliphatic heterocycles. The Balaban J connectivity index is 0.000000246. The molecule has 1 fully saturated rings. The van der Waals surface area contributed by atoms with Crippen LogP contribution in [0.2, 0.25) is 0 Å². The highest BCUT2D eigenvalue weighted by atomic mass is 32.1. The van der Waals surface area contributed by atoms with Gasteiger partial charge in [0.05, 0.1) is 6.54 Å². The van der Waals surface area contributed by atoms with Crippen LogP contribution in [-0.2, 0) is 16.1 Å². The van der Waals surface area contributed by atoms with E-state index in [1.807, 2.05) is 32.3 Å². The minimum Gasteiger partial charge on any atom is -0.462 e. The molecule has 0 bridgehead atoms. The minimum absolute atomic E-state index is 0.318. The van der Waals surface area contributed by atoms with Crippen LogP contribution in [0.25, 0.3) is 0 Å². The maximum absolute atomic E-state index is 9.60. The number of thiazole rings is 1. The van der Waals surface area contributed by atoms with Crippen molar-refractivity contribution in [2.24, 2.45) is 0 Å². The monoisotopic (exact) mass is 299 g/mol. The molecule has 1 aliphatic rings. The second kappa shape index (κ2) is 8.34. The van der Waals surface area contributed by atoms with Gasteiger partial charge in [0.2, 0.25) is 0 Å². The van der Waals surface area contributed by atoms with Gasteiger partial charge in [0.25, 0.3) is 6.47 Å². The Kier molecular flexibility index (Phi) is 7.12. The summed E-state index contributed by atoms with van der Waals surface area (Å²) in [6.07, 6.45) is 1.88. The molecule has 0 radical (unpaired) electrons. The molecule has 1 atom stereocenters. The van der Waals surface area contributed by atoms with Gasteiger partial charge in [-0.05, 0) is 27.7 Å². The highest BCUT2D eigenvalue weighted by molar-refractivity contribution is 7.09. The van der Waals surface area contributed by atoms with Gasteiger partial charge in [-0.25, -0.2) is 4.98 Å². The second-order valence-electron chi connectivity index (χ2n) is 5.84. The summed E-state index contributed by atoms with van der Waals surface area (Å²) in [6, 6.07) is 0.619. The zero-order valence-electron chi connectivity index (χ0n) is 12.8. The number of carbonyl (C=O) groups excluding carboxylic acids is 1. The number of piperazine rings is 1. The molecule has 0 spiro atoms. The Morgan fingerprint density at radius 2 is 2.35 bits per heavy atom. The zero-order valence-corrected chi connectivity index (χ0v) is 13.6. The standard InChI is InChI=1S/C9H15N3S.C5H10O2/c1-8-6-12(4-2-10-8)7-9-11-3-5-13-9;1-5(2,3)7-4-6/h3,5,8,10H,2,4,6-7H2,1H3;4H,1-3H3. The molecule has 2 rings (SSSR count). The third-order valence-electron chi connectivity index (χ3n) is 2.70. The molecule has 0 aromatic carbocycles. The number of carbonyl (C=O) groups is 1. The van der Waals surface area contributed by atoms with Gasteiger partial charge in [0, 0.05) is 37.3 Å². The average Bonchev–Trinajstić information content (AvgIpc) is 2.81. The van der Waals surface area contributed by atoms with Crippen molar-refractivity contribution in [3.63, 3.8) is 0 Å². The van der Waals surface area contributed by atoms with Crippen molar-refractivity contribution in [1.29, 1.82) is 0 Å². The maximum Gasteiger partial charge on any atom is 0.293 e. The Bertz CT molecular complexity index is 376. The zero-order chi connectivity index (χ0) is 15.0. The van der Waals surface area contributed by atoms with Crippen molar-refractivity contribution in [2.45, 2.75) is 45.9 Å². The molecule has 1 N–H and O–H groups in total. The van der Waals surface area contributed by atoms with Crippen LogP contribution in [0, 0.1) is 0 Å². The SMILES string of the molecule is CC(C)(C)OC=O.CC1CN(Cc2nccs2)CCN1.